The zero-order chi connectivity index (χ0) is 17.5. The molecule has 0 saturated carbocycles. The highest BCUT2D eigenvalue weighted by atomic mass is 32.2. The van der Waals surface area contributed by atoms with Crippen molar-refractivity contribution >= 4 is 21.8 Å². The molecule has 2 saturated heterocycles. The predicted octanol–water partition coefficient (Wildman–Crippen LogP) is 0.135. The molecule has 0 aromatic heterocycles. The molecule has 24 heavy (non-hydrogen) atoms. The van der Waals surface area contributed by atoms with Crippen molar-refractivity contribution in [3.05, 3.63) is 35.4 Å². The molecular formula is C16H21N3O4S. The van der Waals surface area contributed by atoms with E-state index in [-0.39, 0.29) is 11.8 Å². The second kappa shape index (κ2) is 6.18. The van der Waals surface area contributed by atoms with Crippen LogP contribution in [0.5, 0.6) is 0 Å². The molecule has 1 atom stereocenters. The van der Waals surface area contributed by atoms with Gasteiger partial charge < -0.3 is 10.6 Å². The molecule has 0 spiro atoms. The van der Waals surface area contributed by atoms with Crippen LogP contribution in [0, 0.1) is 0 Å². The number of nitrogens with zero attached hydrogens (tertiary/aromatic N) is 2. The van der Waals surface area contributed by atoms with E-state index < -0.39 is 22.0 Å². The van der Waals surface area contributed by atoms with Crippen molar-refractivity contribution in [1.82, 2.24) is 9.21 Å². The summed E-state index contributed by atoms with van der Waals surface area (Å²) < 4.78 is 24.3. The van der Waals surface area contributed by atoms with E-state index in [2.05, 4.69) is 0 Å². The second-order valence-corrected chi connectivity index (χ2v) is 8.44. The Morgan fingerprint density at radius 3 is 2.58 bits per heavy atom. The van der Waals surface area contributed by atoms with Crippen LogP contribution in [0.1, 0.15) is 34.7 Å². The van der Waals surface area contributed by atoms with Gasteiger partial charge in [0.15, 0.2) is 0 Å². The highest BCUT2D eigenvalue weighted by molar-refractivity contribution is 7.88. The number of nitrogens with two attached hydrogens (primary N) is 1. The molecule has 2 amide bonds. The first kappa shape index (κ1) is 16.9. The summed E-state index contributed by atoms with van der Waals surface area (Å²) in [5.41, 5.74) is 6.83. The van der Waals surface area contributed by atoms with Crippen molar-refractivity contribution in [2.24, 2.45) is 5.73 Å². The van der Waals surface area contributed by atoms with Gasteiger partial charge in [0.1, 0.15) is 6.04 Å². The van der Waals surface area contributed by atoms with Crippen LogP contribution in [0.25, 0.3) is 0 Å². The summed E-state index contributed by atoms with van der Waals surface area (Å²) in [7, 11) is -3.16. The zero-order valence-corrected chi connectivity index (χ0v) is 14.3. The molecule has 2 heterocycles. The Labute approximate surface area is 141 Å². The van der Waals surface area contributed by atoms with Crippen LogP contribution in [0.3, 0.4) is 0 Å². The Morgan fingerprint density at radius 2 is 1.96 bits per heavy atom. The van der Waals surface area contributed by atoms with Crippen molar-refractivity contribution in [3.63, 3.8) is 0 Å². The van der Waals surface area contributed by atoms with Crippen molar-refractivity contribution in [2.45, 2.75) is 24.8 Å². The van der Waals surface area contributed by atoms with Crippen LogP contribution in [-0.4, -0.2) is 61.4 Å². The van der Waals surface area contributed by atoms with Gasteiger partial charge in [0, 0.05) is 31.1 Å². The predicted molar refractivity (Wildman–Crippen MR) is 88.9 cm³/mol. The minimum atomic E-state index is -3.16. The maximum atomic E-state index is 12.7. The average molecular weight is 351 g/mol. The third kappa shape index (κ3) is 3.16. The first-order valence-corrected chi connectivity index (χ1v) is 9.77. The number of likely N-dealkylation sites (tertiary alicyclic amines) is 1. The summed E-state index contributed by atoms with van der Waals surface area (Å²) >= 11 is 0. The fourth-order valence-corrected chi connectivity index (χ4v) is 4.22. The molecule has 1 aromatic rings. The number of hydrogen-bond acceptors (Lipinski definition) is 4. The SMILES string of the molecule is CS(=O)(=O)N1CC(c2cccc(C(=O)N3CCC[C@@H]3C(N)=O)c2)C1. The molecule has 3 rings (SSSR count). The lowest BCUT2D eigenvalue weighted by atomic mass is 9.92. The Hall–Kier alpha value is -1.93. The van der Waals surface area contributed by atoms with Gasteiger partial charge in [-0.15, -0.1) is 0 Å². The largest absolute Gasteiger partial charge is 0.368 e. The second-order valence-electron chi connectivity index (χ2n) is 6.46. The van der Waals surface area contributed by atoms with Gasteiger partial charge in [-0.2, -0.15) is 0 Å². The smallest absolute Gasteiger partial charge is 0.254 e. The number of rotatable bonds is 4. The molecule has 2 aliphatic heterocycles. The highest BCUT2D eigenvalue weighted by Gasteiger charge is 2.36. The Kier molecular flexibility index (Phi) is 4.35. The summed E-state index contributed by atoms with van der Waals surface area (Å²) in [6.07, 6.45) is 2.57. The standard InChI is InChI=1S/C16H21N3O4S/c1-24(22,23)18-9-13(10-18)11-4-2-5-12(8-11)16(21)19-7-3-6-14(19)15(17)20/h2,4-5,8,13-14H,3,6-7,9-10H2,1H3,(H2,17,20)/t14-/m1/s1. The Morgan fingerprint density at radius 1 is 1.25 bits per heavy atom. The first-order chi connectivity index (χ1) is 11.3. The molecule has 0 unspecified atom stereocenters. The lowest BCUT2D eigenvalue weighted by Gasteiger charge is -2.37. The van der Waals surface area contributed by atoms with Gasteiger partial charge in [-0.3, -0.25) is 9.59 Å². The molecule has 7 nitrogen and oxygen atoms in total. The normalized spacial score (nSPS) is 22.4. The van der Waals surface area contributed by atoms with Crippen LogP contribution in [0.4, 0.5) is 0 Å². The number of sulfonamides is 1. The third-order valence-electron chi connectivity index (χ3n) is 4.76. The first-order valence-electron chi connectivity index (χ1n) is 7.93. The van der Waals surface area contributed by atoms with Gasteiger partial charge in [0.05, 0.1) is 6.26 Å². The number of carbonyl (C=O) groups is 2. The summed E-state index contributed by atoms with van der Waals surface area (Å²) in [6, 6.07) is 6.67. The fraction of sp³-hybridized carbons (Fsp3) is 0.500. The monoisotopic (exact) mass is 351 g/mol. The van der Waals surface area contributed by atoms with Crippen molar-refractivity contribution in [3.8, 4) is 0 Å². The summed E-state index contributed by atoms with van der Waals surface area (Å²) in [4.78, 5) is 25.7. The van der Waals surface area contributed by atoms with E-state index in [9.17, 15) is 18.0 Å². The van der Waals surface area contributed by atoms with Gasteiger partial charge in [0.25, 0.3) is 5.91 Å². The van der Waals surface area contributed by atoms with Crippen LogP contribution >= 0.6 is 0 Å². The van der Waals surface area contributed by atoms with E-state index in [1.807, 2.05) is 6.07 Å². The van der Waals surface area contributed by atoms with Crippen LogP contribution in [0.15, 0.2) is 24.3 Å². The molecule has 130 valence electrons. The lowest BCUT2D eigenvalue weighted by Crippen LogP contribution is -2.48. The van der Waals surface area contributed by atoms with E-state index in [1.54, 1.807) is 18.2 Å². The van der Waals surface area contributed by atoms with E-state index in [1.165, 1.54) is 15.5 Å². The molecule has 0 bridgehead atoms. The minimum absolute atomic E-state index is 0.0954. The molecule has 0 radical (unpaired) electrons. The lowest BCUT2D eigenvalue weighted by molar-refractivity contribution is -0.121. The molecule has 8 heteroatoms. The molecule has 2 fully saturated rings. The zero-order valence-electron chi connectivity index (χ0n) is 13.5. The Bertz CT molecular complexity index is 771. The van der Waals surface area contributed by atoms with Crippen molar-refractivity contribution < 1.29 is 18.0 Å². The van der Waals surface area contributed by atoms with Gasteiger partial charge in [-0.1, -0.05) is 12.1 Å². The number of amides is 2. The molecule has 0 aliphatic carbocycles. The number of primary amides is 1. The number of hydrogen-bond donors (Lipinski definition) is 1. The van der Waals surface area contributed by atoms with Gasteiger partial charge in [-0.05, 0) is 30.5 Å². The highest BCUT2D eigenvalue weighted by Crippen LogP contribution is 2.30. The maximum Gasteiger partial charge on any atom is 0.254 e. The van der Waals surface area contributed by atoms with E-state index in [4.69, 9.17) is 5.73 Å². The van der Waals surface area contributed by atoms with Crippen molar-refractivity contribution in [2.75, 3.05) is 25.9 Å². The summed E-state index contributed by atoms with van der Waals surface area (Å²) in [5.74, 6) is -0.574. The van der Waals surface area contributed by atoms with E-state index in [0.717, 1.165) is 12.0 Å². The third-order valence-corrected chi connectivity index (χ3v) is 6.00. The van der Waals surface area contributed by atoms with Gasteiger partial charge >= 0.3 is 0 Å². The van der Waals surface area contributed by atoms with Crippen LogP contribution in [-0.2, 0) is 14.8 Å². The number of carbonyl (C=O) groups excluding carboxylic acids is 2. The summed E-state index contributed by atoms with van der Waals surface area (Å²) in [5, 5.41) is 0. The van der Waals surface area contributed by atoms with E-state index >= 15 is 0 Å². The molecular weight excluding hydrogens is 330 g/mol. The fourth-order valence-electron chi connectivity index (χ4n) is 3.32. The molecule has 2 aliphatic rings. The topological polar surface area (TPSA) is 101 Å². The van der Waals surface area contributed by atoms with Gasteiger partial charge in [0.2, 0.25) is 15.9 Å². The van der Waals surface area contributed by atoms with Crippen molar-refractivity contribution in [1.29, 1.82) is 0 Å². The average Bonchev–Trinajstić information content (AvgIpc) is 2.93. The minimum Gasteiger partial charge on any atom is -0.368 e. The Balaban J connectivity index is 1.74. The van der Waals surface area contributed by atoms with Crippen LogP contribution in [0.2, 0.25) is 0 Å². The van der Waals surface area contributed by atoms with Crippen LogP contribution < -0.4 is 5.73 Å². The molecule has 1 aromatic carbocycles. The molecule has 2 N–H and O–H groups in total. The maximum absolute atomic E-state index is 12.7. The van der Waals surface area contributed by atoms with Gasteiger partial charge in [-0.25, -0.2) is 12.7 Å². The number of benzene rings is 1. The quantitative estimate of drug-likeness (QED) is 0.833. The summed E-state index contributed by atoms with van der Waals surface area (Å²) in [6.45, 7) is 1.40. The van der Waals surface area contributed by atoms with E-state index in [0.29, 0.717) is 31.6 Å².